The van der Waals surface area contributed by atoms with Crippen LogP contribution in [0.5, 0.6) is 0 Å². The molecule has 0 atom stereocenters. The van der Waals surface area contributed by atoms with Crippen LogP contribution in [0.2, 0.25) is 0 Å². The summed E-state index contributed by atoms with van der Waals surface area (Å²) in [6, 6.07) is 13.7. The highest BCUT2D eigenvalue weighted by molar-refractivity contribution is 5.52. The molecule has 0 saturated carbocycles. The van der Waals surface area contributed by atoms with Gasteiger partial charge in [0.25, 0.3) is 0 Å². The van der Waals surface area contributed by atoms with Crippen molar-refractivity contribution in [2.24, 2.45) is 0 Å². The van der Waals surface area contributed by atoms with E-state index in [4.69, 9.17) is 11.0 Å². The summed E-state index contributed by atoms with van der Waals surface area (Å²) in [6.45, 7) is 0.493. The van der Waals surface area contributed by atoms with Crippen LogP contribution >= 0.6 is 0 Å². The molecule has 0 aromatic heterocycles. The standard InChI is InChI=1S/C14H12FN3/c15-13-7-12(17)5-6-14(13)18-9-11-3-1-10(8-16)2-4-11/h1-7,18H,9,17H2. The van der Waals surface area contributed by atoms with Crippen LogP contribution in [0, 0.1) is 17.1 Å². The number of nitrogen functional groups attached to an aromatic ring is 1. The smallest absolute Gasteiger partial charge is 0.148 e. The number of rotatable bonds is 3. The molecular formula is C14H12FN3. The van der Waals surface area contributed by atoms with E-state index in [9.17, 15) is 4.39 Å². The first-order valence-corrected chi connectivity index (χ1v) is 5.47. The van der Waals surface area contributed by atoms with Gasteiger partial charge in [0.1, 0.15) is 5.82 Å². The van der Waals surface area contributed by atoms with Crippen LogP contribution in [0.1, 0.15) is 11.1 Å². The Balaban J connectivity index is 2.04. The molecule has 2 aromatic rings. The lowest BCUT2D eigenvalue weighted by atomic mass is 10.1. The fraction of sp³-hybridized carbons (Fsp3) is 0.0714. The molecule has 0 spiro atoms. The molecule has 90 valence electrons. The Morgan fingerprint density at radius 1 is 1.17 bits per heavy atom. The normalized spacial score (nSPS) is 9.78. The van der Waals surface area contributed by atoms with Gasteiger partial charge in [-0.3, -0.25) is 0 Å². The fourth-order valence-electron chi connectivity index (χ4n) is 1.57. The maximum absolute atomic E-state index is 13.5. The number of hydrogen-bond donors (Lipinski definition) is 2. The molecule has 2 rings (SSSR count). The van der Waals surface area contributed by atoms with Gasteiger partial charge in [-0.15, -0.1) is 0 Å². The summed E-state index contributed by atoms with van der Waals surface area (Å²) < 4.78 is 13.5. The third-order valence-electron chi connectivity index (χ3n) is 2.56. The van der Waals surface area contributed by atoms with Gasteiger partial charge in [-0.1, -0.05) is 12.1 Å². The van der Waals surface area contributed by atoms with Crippen molar-refractivity contribution >= 4 is 11.4 Å². The van der Waals surface area contributed by atoms with Gasteiger partial charge in [0, 0.05) is 12.2 Å². The third-order valence-corrected chi connectivity index (χ3v) is 2.56. The van der Waals surface area contributed by atoms with E-state index in [2.05, 4.69) is 5.32 Å². The van der Waals surface area contributed by atoms with Crippen molar-refractivity contribution in [3.63, 3.8) is 0 Å². The van der Waals surface area contributed by atoms with Gasteiger partial charge in [-0.2, -0.15) is 5.26 Å². The summed E-state index contributed by atoms with van der Waals surface area (Å²) in [7, 11) is 0. The van der Waals surface area contributed by atoms with Crippen molar-refractivity contribution in [1.82, 2.24) is 0 Å². The van der Waals surface area contributed by atoms with Crippen molar-refractivity contribution < 1.29 is 4.39 Å². The first kappa shape index (κ1) is 11.9. The lowest BCUT2D eigenvalue weighted by molar-refractivity contribution is 0.631. The van der Waals surface area contributed by atoms with Crippen molar-refractivity contribution in [3.05, 3.63) is 59.4 Å². The van der Waals surface area contributed by atoms with E-state index in [0.29, 0.717) is 23.5 Å². The zero-order valence-electron chi connectivity index (χ0n) is 9.65. The topological polar surface area (TPSA) is 61.8 Å². The molecule has 0 aliphatic carbocycles. The molecule has 3 nitrogen and oxygen atoms in total. The molecule has 0 aliphatic rings. The molecule has 0 radical (unpaired) electrons. The van der Waals surface area contributed by atoms with Gasteiger partial charge in [0.2, 0.25) is 0 Å². The lowest BCUT2D eigenvalue weighted by Gasteiger charge is -2.08. The second kappa shape index (κ2) is 5.19. The predicted octanol–water partition coefficient (Wildman–Crippen LogP) is 2.89. The summed E-state index contributed by atoms with van der Waals surface area (Å²) in [4.78, 5) is 0. The molecule has 0 amide bonds. The summed E-state index contributed by atoms with van der Waals surface area (Å²) in [5.74, 6) is -0.372. The zero-order chi connectivity index (χ0) is 13.0. The Bertz CT molecular complexity index is 585. The quantitative estimate of drug-likeness (QED) is 0.812. The number of benzene rings is 2. The highest BCUT2D eigenvalue weighted by Gasteiger charge is 2.02. The minimum absolute atomic E-state index is 0.372. The monoisotopic (exact) mass is 241 g/mol. The summed E-state index contributed by atoms with van der Waals surface area (Å²) in [5, 5.41) is 11.7. The molecule has 0 unspecified atom stereocenters. The first-order chi connectivity index (χ1) is 8.69. The minimum Gasteiger partial charge on any atom is -0.399 e. The molecule has 0 fully saturated rings. The molecule has 0 saturated heterocycles. The van der Waals surface area contributed by atoms with E-state index < -0.39 is 0 Å². The highest BCUT2D eigenvalue weighted by Crippen LogP contribution is 2.17. The average molecular weight is 241 g/mol. The largest absolute Gasteiger partial charge is 0.399 e. The number of halogens is 1. The maximum atomic E-state index is 13.5. The molecule has 0 heterocycles. The number of anilines is 2. The molecule has 3 N–H and O–H groups in total. The van der Waals surface area contributed by atoms with E-state index in [1.54, 1.807) is 24.3 Å². The Hall–Kier alpha value is -2.54. The highest BCUT2D eigenvalue weighted by atomic mass is 19.1. The van der Waals surface area contributed by atoms with Crippen LogP contribution in [0.3, 0.4) is 0 Å². The van der Waals surface area contributed by atoms with Crippen LogP contribution in [-0.4, -0.2) is 0 Å². The predicted molar refractivity (Wildman–Crippen MR) is 69.3 cm³/mol. The van der Waals surface area contributed by atoms with E-state index in [1.165, 1.54) is 6.07 Å². The first-order valence-electron chi connectivity index (χ1n) is 5.47. The summed E-state index contributed by atoms with van der Waals surface area (Å²) in [5.41, 5.74) is 7.86. The van der Waals surface area contributed by atoms with Gasteiger partial charge in [-0.25, -0.2) is 4.39 Å². The van der Waals surface area contributed by atoms with Gasteiger partial charge in [0.05, 0.1) is 17.3 Å². The summed E-state index contributed by atoms with van der Waals surface area (Å²) in [6.07, 6.45) is 0. The fourth-order valence-corrected chi connectivity index (χ4v) is 1.57. The van der Waals surface area contributed by atoms with Gasteiger partial charge >= 0.3 is 0 Å². The molecule has 2 aromatic carbocycles. The number of nitrogens with zero attached hydrogens (tertiary/aromatic N) is 1. The van der Waals surface area contributed by atoms with E-state index in [-0.39, 0.29) is 5.82 Å². The van der Waals surface area contributed by atoms with Crippen molar-refractivity contribution in [1.29, 1.82) is 5.26 Å². The van der Waals surface area contributed by atoms with Crippen LogP contribution in [-0.2, 0) is 6.54 Å². The van der Waals surface area contributed by atoms with E-state index >= 15 is 0 Å². The number of hydrogen-bond acceptors (Lipinski definition) is 3. The Labute approximate surface area is 105 Å². The van der Waals surface area contributed by atoms with Crippen LogP contribution in [0.25, 0.3) is 0 Å². The molecule has 4 heteroatoms. The number of nitrogens with two attached hydrogens (primary N) is 1. The van der Waals surface area contributed by atoms with Gasteiger partial charge in [-0.05, 0) is 35.9 Å². The average Bonchev–Trinajstić information content (AvgIpc) is 2.38. The van der Waals surface area contributed by atoms with Crippen molar-refractivity contribution in [2.75, 3.05) is 11.1 Å². The Morgan fingerprint density at radius 3 is 2.50 bits per heavy atom. The molecule has 18 heavy (non-hydrogen) atoms. The van der Waals surface area contributed by atoms with Crippen molar-refractivity contribution in [2.45, 2.75) is 6.54 Å². The van der Waals surface area contributed by atoms with Gasteiger partial charge < -0.3 is 11.1 Å². The van der Waals surface area contributed by atoms with E-state index in [0.717, 1.165) is 5.56 Å². The van der Waals surface area contributed by atoms with Crippen LogP contribution < -0.4 is 11.1 Å². The Kier molecular flexibility index (Phi) is 3.44. The zero-order valence-corrected chi connectivity index (χ0v) is 9.65. The third kappa shape index (κ3) is 2.77. The van der Waals surface area contributed by atoms with E-state index in [1.807, 2.05) is 18.2 Å². The molecule has 0 aliphatic heterocycles. The number of nitriles is 1. The van der Waals surface area contributed by atoms with Crippen LogP contribution in [0.4, 0.5) is 15.8 Å². The Morgan fingerprint density at radius 2 is 1.89 bits per heavy atom. The maximum Gasteiger partial charge on any atom is 0.148 e. The second-order valence-electron chi connectivity index (χ2n) is 3.90. The molecule has 0 bridgehead atoms. The molecular weight excluding hydrogens is 229 g/mol. The summed E-state index contributed by atoms with van der Waals surface area (Å²) >= 11 is 0. The van der Waals surface area contributed by atoms with Crippen LogP contribution in [0.15, 0.2) is 42.5 Å². The second-order valence-corrected chi connectivity index (χ2v) is 3.90. The van der Waals surface area contributed by atoms with Gasteiger partial charge in [0.15, 0.2) is 0 Å². The minimum atomic E-state index is -0.372. The lowest BCUT2D eigenvalue weighted by Crippen LogP contribution is -2.02. The SMILES string of the molecule is N#Cc1ccc(CNc2ccc(N)cc2F)cc1. The number of nitrogens with one attached hydrogen (secondary N) is 1. The van der Waals surface area contributed by atoms with Crippen molar-refractivity contribution in [3.8, 4) is 6.07 Å².